The molecule has 0 unspecified atom stereocenters. The van der Waals surface area contributed by atoms with Gasteiger partial charge in [-0.25, -0.2) is 0 Å². The van der Waals surface area contributed by atoms with Gasteiger partial charge in [0.25, 0.3) is 0 Å². The molecule has 0 saturated heterocycles. The summed E-state index contributed by atoms with van der Waals surface area (Å²) in [6, 6.07) is 0. The van der Waals surface area contributed by atoms with Gasteiger partial charge in [-0.2, -0.15) is 0 Å². The Morgan fingerprint density at radius 3 is 1.43 bits per heavy atom. The lowest BCUT2D eigenvalue weighted by molar-refractivity contribution is 0.757. The van der Waals surface area contributed by atoms with Crippen LogP contribution in [0.4, 0.5) is 0 Å². The zero-order valence-electron chi connectivity index (χ0n) is 9.12. The fourth-order valence-electron chi connectivity index (χ4n) is 1.62. The second kappa shape index (κ2) is 8.80. The van der Waals surface area contributed by atoms with Gasteiger partial charge in [-0.15, -0.1) is 0 Å². The maximum Gasteiger partial charge on any atom is -0.0169 e. The van der Waals surface area contributed by atoms with Crippen molar-refractivity contribution in [3.8, 4) is 0 Å². The summed E-state index contributed by atoms with van der Waals surface area (Å²) in [7, 11) is 0. The van der Waals surface area contributed by atoms with Crippen LogP contribution < -0.4 is 0 Å². The Bertz CT molecular complexity index is 196. The van der Waals surface area contributed by atoms with Gasteiger partial charge in [0.15, 0.2) is 0 Å². The van der Waals surface area contributed by atoms with Crippen molar-refractivity contribution in [3.63, 3.8) is 0 Å². The monoisotopic (exact) mass is 190 g/mol. The Kier molecular flexibility index (Phi) is 7.10. The second-order valence-electron chi connectivity index (χ2n) is 3.87. The van der Waals surface area contributed by atoms with E-state index in [0.29, 0.717) is 0 Å². The molecule has 1 rings (SSSR count). The van der Waals surface area contributed by atoms with Gasteiger partial charge in [-0.05, 0) is 51.4 Å². The second-order valence-corrected chi connectivity index (χ2v) is 3.87. The fraction of sp³-hybridized carbons (Fsp3) is 0.571. The average Bonchev–Trinajstić information content (AvgIpc) is 2.22. The van der Waals surface area contributed by atoms with Crippen molar-refractivity contribution >= 4 is 0 Å². The van der Waals surface area contributed by atoms with E-state index in [1.807, 2.05) is 0 Å². The van der Waals surface area contributed by atoms with E-state index in [1.165, 1.54) is 44.9 Å². The molecular formula is C14H22. The highest BCUT2D eigenvalue weighted by Crippen LogP contribution is 2.05. The first kappa shape index (κ1) is 11.3. The summed E-state index contributed by atoms with van der Waals surface area (Å²) in [5.41, 5.74) is 0. The van der Waals surface area contributed by atoms with Crippen LogP contribution in [0.2, 0.25) is 0 Å². The molecule has 0 nitrogen and oxygen atoms in total. The van der Waals surface area contributed by atoms with Gasteiger partial charge >= 0.3 is 0 Å². The van der Waals surface area contributed by atoms with E-state index in [0.717, 1.165) is 6.42 Å². The van der Waals surface area contributed by atoms with Gasteiger partial charge in [-0.3, -0.25) is 0 Å². The Balaban J connectivity index is 2.25. The predicted octanol–water partition coefficient (Wildman–Crippen LogP) is 4.79. The molecule has 0 fully saturated rings. The van der Waals surface area contributed by atoms with Gasteiger partial charge < -0.3 is 0 Å². The molecule has 0 radical (unpaired) electrons. The zero-order chi connectivity index (χ0) is 9.90. The van der Waals surface area contributed by atoms with Gasteiger partial charge in [0.2, 0.25) is 0 Å². The molecular weight excluding hydrogens is 168 g/mol. The zero-order valence-corrected chi connectivity index (χ0v) is 9.12. The molecule has 0 bridgehead atoms. The quantitative estimate of drug-likeness (QED) is 0.482. The van der Waals surface area contributed by atoms with Gasteiger partial charge in [0, 0.05) is 0 Å². The highest BCUT2D eigenvalue weighted by molar-refractivity contribution is 4.93. The van der Waals surface area contributed by atoms with E-state index in [4.69, 9.17) is 0 Å². The Labute approximate surface area is 88.4 Å². The van der Waals surface area contributed by atoms with Gasteiger partial charge in [-0.1, -0.05) is 36.5 Å². The summed E-state index contributed by atoms with van der Waals surface area (Å²) in [6.07, 6.45) is 24.0. The Morgan fingerprint density at radius 2 is 0.857 bits per heavy atom. The molecule has 0 N–H and O–H groups in total. The van der Waals surface area contributed by atoms with E-state index in [9.17, 15) is 0 Å². The Morgan fingerprint density at radius 1 is 0.429 bits per heavy atom. The molecule has 0 spiro atoms. The highest BCUT2D eigenvalue weighted by Gasteiger charge is 1.85. The van der Waals surface area contributed by atoms with Crippen molar-refractivity contribution < 1.29 is 0 Å². The summed E-state index contributed by atoms with van der Waals surface area (Å²) >= 11 is 0. The summed E-state index contributed by atoms with van der Waals surface area (Å²) in [6.45, 7) is 0. The van der Waals surface area contributed by atoms with Crippen LogP contribution >= 0.6 is 0 Å². The smallest absolute Gasteiger partial charge is 0.0169 e. The van der Waals surface area contributed by atoms with E-state index in [2.05, 4.69) is 36.5 Å². The van der Waals surface area contributed by atoms with Crippen LogP contribution in [0.15, 0.2) is 36.5 Å². The standard InChI is InChI=1S/C14H22/c1-2-4-6-8-10-12-14-13-11-9-7-5-3-1/h1-2,5,7,10,12H,3-4,6,8-9,11,13-14H2/b2-1?,7-5+,12-10+. The molecule has 14 heavy (non-hydrogen) atoms. The third-order valence-corrected chi connectivity index (χ3v) is 2.51. The van der Waals surface area contributed by atoms with Crippen LogP contribution in [0.3, 0.4) is 0 Å². The summed E-state index contributed by atoms with van der Waals surface area (Å²) in [5.74, 6) is 0. The molecule has 0 aromatic heterocycles. The minimum Gasteiger partial charge on any atom is -0.0885 e. The lowest BCUT2D eigenvalue weighted by Gasteiger charge is -1.95. The van der Waals surface area contributed by atoms with Crippen LogP contribution in [0.25, 0.3) is 0 Å². The third kappa shape index (κ3) is 6.71. The number of allylic oxidation sites excluding steroid dienone is 6. The van der Waals surface area contributed by atoms with Crippen LogP contribution in [-0.4, -0.2) is 0 Å². The largest absolute Gasteiger partial charge is 0.0885 e. The van der Waals surface area contributed by atoms with Crippen LogP contribution in [0.1, 0.15) is 51.4 Å². The van der Waals surface area contributed by atoms with Crippen molar-refractivity contribution in [2.45, 2.75) is 51.4 Å². The molecule has 0 atom stereocenters. The van der Waals surface area contributed by atoms with Crippen LogP contribution in [0.5, 0.6) is 0 Å². The first-order valence-corrected chi connectivity index (χ1v) is 5.95. The predicted molar refractivity (Wildman–Crippen MR) is 64.4 cm³/mol. The molecule has 1 aliphatic carbocycles. The lowest BCUT2D eigenvalue weighted by Crippen LogP contribution is -1.75. The SMILES string of the molecule is C1=CCCC/C=C/CCCC/C=C/C1. The molecule has 0 saturated carbocycles. The maximum atomic E-state index is 2.35. The average molecular weight is 190 g/mol. The van der Waals surface area contributed by atoms with Crippen molar-refractivity contribution in [3.05, 3.63) is 36.5 Å². The number of hydrogen-bond donors (Lipinski definition) is 0. The molecule has 78 valence electrons. The molecule has 0 aromatic carbocycles. The topological polar surface area (TPSA) is 0 Å². The van der Waals surface area contributed by atoms with Gasteiger partial charge in [0.05, 0.1) is 0 Å². The highest BCUT2D eigenvalue weighted by atomic mass is 13.9. The van der Waals surface area contributed by atoms with Crippen molar-refractivity contribution in [1.29, 1.82) is 0 Å². The minimum atomic E-state index is 1.12. The maximum absolute atomic E-state index is 2.35. The molecule has 1 aliphatic rings. The third-order valence-electron chi connectivity index (χ3n) is 2.51. The van der Waals surface area contributed by atoms with E-state index >= 15 is 0 Å². The Hall–Kier alpha value is -0.780. The molecule has 0 aromatic rings. The van der Waals surface area contributed by atoms with E-state index in [1.54, 1.807) is 0 Å². The normalized spacial score (nSPS) is 25.1. The number of hydrogen-bond acceptors (Lipinski definition) is 0. The van der Waals surface area contributed by atoms with Crippen LogP contribution in [0, 0.1) is 0 Å². The van der Waals surface area contributed by atoms with Crippen LogP contribution in [-0.2, 0) is 0 Å². The summed E-state index contributed by atoms with van der Waals surface area (Å²) in [5, 5.41) is 0. The number of rotatable bonds is 0. The van der Waals surface area contributed by atoms with Crippen molar-refractivity contribution in [2.24, 2.45) is 0 Å². The van der Waals surface area contributed by atoms with E-state index in [-0.39, 0.29) is 0 Å². The minimum absolute atomic E-state index is 1.12. The summed E-state index contributed by atoms with van der Waals surface area (Å²) < 4.78 is 0. The molecule has 0 heteroatoms. The fourth-order valence-corrected chi connectivity index (χ4v) is 1.62. The van der Waals surface area contributed by atoms with Gasteiger partial charge in [0.1, 0.15) is 0 Å². The molecule has 0 amide bonds. The van der Waals surface area contributed by atoms with Crippen molar-refractivity contribution in [1.82, 2.24) is 0 Å². The molecule has 0 aliphatic heterocycles. The first-order chi connectivity index (χ1) is 7.00. The first-order valence-electron chi connectivity index (χ1n) is 5.95. The van der Waals surface area contributed by atoms with E-state index < -0.39 is 0 Å². The summed E-state index contributed by atoms with van der Waals surface area (Å²) in [4.78, 5) is 0. The lowest BCUT2D eigenvalue weighted by atomic mass is 10.1. The van der Waals surface area contributed by atoms with Crippen molar-refractivity contribution in [2.75, 3.05) is 0 Å². The molecule has 0 heterocycles.